The Hall–Kier alpha value is -3.13. The van der Waals surface area contributed by atoms with Crippen molar-refractivity contribution in [3.8, 4) is 28.8 Å². The molecule has 2 heterocycles. The number of imidazole rings is 1. The summed E-state index contributed by atoms with van der Waals surface area (Å²) in [5, 5.41) is 8.95. The summed E-state index contributed by atoms with van der Waals surface area (Å²) in [6.07, 6.45) is 6.08. The van der Waals surface area contributed by atoms with Crippen LogP contribution in [0.25, 0.3) is 22.8 Å². The minimum atomic E-state index is -0.305. The van der Waals surface area contributed by atoms with Gasteiger partial charge in [0.25, 0.3) is 0 Å². The van der Waals surface area contributed by atoms with Crippen LogP contribution in [0.2, 0.25) is 0 Å². The maximum atomic E-state index is 13.3. The van der Waals surface area contributed by atoms with E-state index in [1.165, 1.54) is 12.1 Å². The zero-order valence-electron chi connectivity index (χ0n) is 15.8. The SMILES string of the molecule is O=C1CCC(n2cc(-c3ccc(F)cc3)nc2-c2ccnc(OCCO)n2)CC1. The first-order chi connectivity index (χ1) is 14.1. The number of aliphatic hydroxyl groups excluding tert-OH is 1. The molecule has 7 nitrogen and oxygen atoms in total. The van der Waals surface area contributed by atoms with Crippen molar-refractivity contribution in [2.45, 2.75) is 31.7 Å². The Labute approximate surface area is 167 Å². The van der Waals surface area contributed by atoms with Crippen molar-refractivity contribution in [1.82, 2.24) is 19.5 Å². The Kier molecular flexibility index (Phi) is 5.62. The Morgan fingerprint density at radius 3 is 2.59 bits per heavy atom. The number of aliphatic hydroxyl groups is 1. The molecular weight excluding hydrogens is 375 g/mol. The van der Waals surface area contributed by atoms with E-state index in [2.05, 4.69) is 9.97 Å². The first kappa shape index (κ1) is 19.2. The van der Waals surface area contributed by atoms with Crippen LogP contribution in [0.15, 0.2) is 42.7 Å². The summed E-state index contributed by atoms with van der Waals surface area (Å²) in [6.45, 7) is -0.0313. The zero-order chi connectivity index (χ0) is 20.2. The second kappa shape index (κ2) is 8.48. The van der Waals surface area contributed by atoms with Crippen LogP contribution in [0.5, 0.6) is 6.01 Å². The fourth-order valence-corrected chi connectivity index (χ4v) is 3.50. The van der Waals surface area contributed by atoms with E-state index in [1.807, 2.05) is 10.8 Å². The van der Waals surface area contributed by atoms with Gasteiger partial charge in [-0.1, -0.05) is 0 Å². The molecule has 29 heavy (non-hydrogen) atoms. The lowest BCUT2D eigenvalue weighted by atomic mass is 9.94. The molecule has 1 saturated carbocycles. The van der Waals surface area contributed by atoms with Gasteiger partial charge in [-0.05, 0) is 43.2 Å². The van der Waals surface area contributed by atoms with E-state index >= 15 is 0 Å². The lowest BCUT2D eigenvalue weighted by Gasteiger charge is -2.24. The van der Waals surface area contributed by atoms with Crippen molar-refractivity contribution >= 4 is 5.78 Å². The third-order valence-electron chi connectivity index (χ3n) is 4.96. The highest BCUT2D eigenvalue weighted by Crippen LogP contribution is 2.33. The van der Waals surface area contributed by atoms with Crippen LogP contribution in [0, 0.1) is 5.82 Å². The van der Waals surface area contributed by atoms with E-state index in [0.29, 0.717) is 30.1 Å². The van der Waals surface area contributed by atoms with Crippen LogP contribution in [0.4, 0.5) is 4.39 Å². The van der Waals surface area contributed by atoms with Crippen molar-refractivity contribution in [1.29, 1.82) is 0 Å². The van der Waals surface area contributed by atoms with Gasteiger partial charge in [-0.15, -0.1) is 0 Å². The van der Waals surface area contributed by atoms with Gasteiger partial charge in [0.2, 0.25) is 0 Å². The summed E-state index contributed by atoms with van der Waals surface area (Å²) in [7, 11) is 0. The normalized spacial score (nSPS) is 14.9. The molecule has 1 N–H and O–H groups in total. The summed E-state index contributed by atoms with van der Waals surface area (Å²) in [4.78, 5) is 24.9. The molecule has 0 aliphatic heterocycles. The highest BCUT2D eigenvalue weighted by atomic mass is 19.1. The molecule has 150 valence electrons. The third kappa shape index (κ3) is 4.32. The van der Waals surface area contributed by atoms with E-state index in [1.54, 1.807) is 24.4 Å². The van der Waals surface area contributed by atoms with Crippen LogP contribution in [-0.2, 0) is 4.79 Å². The van der Waals surface area contributed by atoms with Crippen molar-refractivity contribution in [3.63, 3.8) is 0 Å². The molecule has 0 saturated heterocycles. The number of Topliss-reactive ketones (excluding diaryl/α,β-unsaturated/α-hetero) is 1. The summed E-state index contributed by atoms with van der Waals surface area (Å²) in [5.74, 6) is 0.615. The first-order valence-electron chi connectivity index (χ1n) is 9.57. The van der Waals surface area contributed by atoms with Gasteiger partial charge >= 0.3 is 6.01 Å². The zero-order valence-corrected chi connectivity index (χ0v) is 15.8. The average molecular weight is 396 g/mol. The van der Waals surface area contributed by atoms with Gasteiger partial charge in [-0.2, -0.15) is 4.98 Å². The number of halogens is 1. The van der Waals surface area contributed by atoms with Crippen LogP contribution in [0.3, 0.4) is 0 Å². The number of hydrogen-bond acceptors (Lipinski definition) is 6. The number of benzene rings is 1. The molecule has 8 heteroatoms. The van der Waals surface area contributed by atoms with Crippen LogP contribution in [0.1, 0.15) is 31.7 Å². The minimum Gasteiger partial charge on any atom is -0.461 e. The van der Waals surface area contributed by atoms with E-state index in [4.69, 9.17) is 14.8 Å². The van der Waals surface area contributed by atoms with Crippen molar-refractivity contribution in [3.05, 3.63) is 48.5 Å². The molecule has 1 aromatic carbocycles. The summed E-state index contributed by atoms with van der Waals surface area (Å²) < 4.78 is 20.7. The van der Waals surface area contributed by atoms with E-state index in [-0.39, 0.29) is 36.9 Å². The molecule has 0 amide bonds. The Morgan fingerprint density at radius 1 is 1.10 bits per heavy atom. The summed E-state index contributed by atoms with van der Waals surface area (Å²) in [6, 6.07) is 8.21. The van der Waals surface area contributed by atoms with Crippen molar-refractivity contribution in [2.24, 2.45) is 0 Å². The van der Waals surface area contributed by atoms with E-state index in [0.717, 1.165) is 18.4 Å². The molecule has 0 spiro atoms. The largest absolute Gasteiger partial charge is 0.461 e. The van der Waals surface area contributed by atoms with Crippen LogP contribution >= 0.6 is 0 Å². The quantitative estimate of drug-likeness (QED) is 0.688. The van der Waals surface area contributed by atoms with Crippen LogP contribution in [-0.4, -0.2) is 43.6 Å². The highest BCUT2D eigenvalue weighted by Gasteiger charge is 2.24. The Morgan fingerprint density at radius 2 is 1.86 bits per heavy atom. The van der Waals surface area contributed by atoms with Gasteiger partial charge in [0, 0.05) is 36.8 Å². The van der Waals surface area contributed by atoms with E-state index in [9.17, 15) is 9.18 Å². The number of nitrogens with zero attached hydrogens (tertiary/aromatic N) is 4. The molecular formula is C21H21FN4O3. The smallest absolute Gasteiger partial charge is 0.317 e. The summed E-state index contributed by atoms with van der Waals surface area (Å²) >= 11 is 0. The second-order valence-electron chi connectivity index (χ2n) is 6.93. The molecule has 4 rings (SSSR count). The predicted molar refractivity (Wildman–Crippen MR) is 104 cm³/mol. The van der Waals surface area contributed by atoms with Gasteiger partial charge in [-0.25, -0.2) is 14.4 Å². The topological polar surface area (TPSA) is 90.1 Å². The predicted octanol–water partition coefficient (Wildman–Crippen LogP) is 3.20. The van der Waals surface area contributed by atoms with Gasteiger partial charge in [0.05, 0.1) is 12.3 Å². The first-order valence-corrected chi connectivity index (χ1v) is 9.57. The molecule has 1 aliphatic rings. The number of ketones is 1. The lowest BCUT2D eigenvalue weighted by molar-refractivity contribution is -0.120. The number of aromatic nitrogens is 4. The number of ether oxygens (including phenoxy) is 1. The van der Waals surface area contributed by atoms with Gasteiger partial charge < -0.3 is 14.4 Å². The highest BCUT2D eigenvalue weighted by molar-refractivity contribution is 5.79. The maximum Gasteiger partial charge on any atom is 0.317 e. The molecule has 0 unspecified atom stereocenters. The summed E-state index contributed by atoms with van der Waals surface area (Å²) in [5.41, 5.74) is 2.08. The molecule has 1 aliphatic carbocycles. The van der Waals surface area contributed by atoms with E-state index < -0.39 is 0 Å². The number of rotatable bonds is 6. The maximum absolute atomic E-state index is 13.3. The van der Waals surface area contributed by atoms with Gasteiger partial charge in [0.1, 0.15) is 23.9 Å². The van der Waals surface area contributed by atoms with Crippen molar-refractivity contribution in [2.75, 3.05) is 13.2 Å². The standard InChI is InChI=1S/C21H21FN4O3/c22-15-3-1-14(2-4-15)19-13-26(16-5-7-17(28)8-6-16)20(24-19)18-9-10-23-21(25-18)29-12-11-27/h1-4,9-10,13,16,27H,5-8,11-12H2. The van der Waals surface area contributed by atoms with Crippen molar-refractivity contribution < 1.29 is 19.0 Å². The van der Waals surface area contributed by atoms with Gasteiger partial charge in [0.15, 0.2) is 5.82 Å². The number of carbonyl (C=O) groups is 1. The average Bonchev–Trinajstić information content (AvgIpc) is 3.19. The lowest BCUT2D eigenvalue weighted by Crippen LogP contribution is -2.18. The van der Waals surface area contributed by atoms with Crippen LogP contribution < -0.4 is 4.74 Å². The Balaban J connectivity index is 1.74. The second-order valence-corrected chi connectivity index (χ2v) is 6.93. The molecule has 3 aromatic rings. The number of hydrogen-bond donors (Lipinski definition) is 1. The van der Waals surface area contributed by atoms with Gasteiger partial charge in [-0.3, -0.25) is 4.79 Å². The molecule has 2 aromatic heterocycles. The molecule has 0 bridgehead atoms. The number of carbonyl (C=O) groups excluding carboxylic acids is 1. The minimum absolute atomic E-state index is 0.101. The molecule has 1 fully saturated rings. The molecule has 0 atom stereocenters. The fraction of sp³-hybridized carbons (Fsp3) is 0.333. The fourth-order valence-electron chi connectivity index (χ4n) is 3.50. The molecule has 0 radical (unpaired) electrons. The monoisotopic (exact) mass is 396 g/mol. The third-order valence-corrected chi connectivity index (χ3v) is 4.96. The Bertz CT molecular complexity index is 993.